The fraction of sp³-hybridized carbons (Fsp3) is 0. The van der Waals surface area contributed by atoms with Crippen LogP contribution in [0.4, 0.5) is 21.7 Å². The minimum Gasteiger partial charge on any atom is -0.325 e. The number of nitrogens with one attached hydrogen (secondary N) is 2. The molecule has 0 aliphatic rings. The van der Waals surface area contributed by atoms with Gasteiger partial charge in [-0.05, 0) is 48.0 Å². The number of aromatic nitrogens is 3. The molecular weight excluding hydrogens is 405 g/mol. The van der Waals surface area contributed by atoms with Gasteiger partial charge in [0.2, 0.25) is 0 Å². The molecule has 0 fully saturated rings. The number of carbonyl (C=O) groups excluding carboxylic acids is 1. The van der Waals surface area contributed by atoms with Gasteiger partial charge in [0, 0.05) is 29.7 Å². The van der Waals surface area contributed by atoms with Crippen LogP contribution in [0, 0.1) is 5.82 Å². The van der Waals surface area contributed by atoms with Crippen LogP contribution >= 0.6 is 11.6 Å². The molecule has 0 aliphatic heterocycles. The summed E-state index contributed by atoms with van der Waals surface area (Å²) in [5.41, 5.74) is 2.41. The number of halogens is 2. The van der Waals surface area contributed by atoms with Crippen molar-refractivity contribution < 1.29 is 9.18 Å². The third-order valence-electron chi connectivity index (χ3n) is 4.23. The van der Waals surface area contributed by atoms with Crippen LogP contribution < -0.4 is 10.6 Å². The number of rotatable bonds is 5. The summed E-state index contributed by atoms with van der Waals surface area (Å²) in [5.74, 6) is 0.351. The van der Waals surface area contributed by atoms with Crippen LogP contribution in [0.3, 0.4) is 0 Å². The first-order valence-electron chi connectivity index (χ1n) is 8.94. The highest BCUT2D eigenvalue weighted by Crippen LogP contribution is 2.27. The van der Waals surface area contributed by atoms with Gasteiger partial charge >= 0.3 is 0 Å². The molecule has 0 saturated heterocycles. The van der Waals surface area contributed by atoms with Gasteiger partial charge in [-0.2, -0.15) is 0 Å². The van der Waals surface area contributed by atoms with E-state index in [1.807, 2.05) is 0 Å². The quantitative estimate of drug-likeness (QED) is 0.457. The van der Waals surface area contributed by atoms with E-state index in [1.54, 1.807) is 54.9 Å². The Balaban J connectivity index is 1.55. The number of pyridine rings is 3. The summed E-state index contributed by atoms with van der Waals surface area (Å²) in [6.45, 7) is 0. The molecule has 1 amide bonds. The first kappa shape index (κ1) is 19.5. The number of anilines is 3. The van der Waals surface area contributed by atoms with Crippen LogP contribution in [0.15, 0.2) is 79.4 Å². The van der Waals surface area contributed by atoms with E-state index >= 15 is 0 Å². The highest BCUT2D eigenvalue weighted by molar-refractivity contribution is 6.30. The molecule has 0 radical (unpaired) electrons. The molecule has 148 valence electrons. The Labute approximate surface area is 176 Å². The second-order valence-corrected chi connectivity index (χ2v) is 6.74. The second-order valence-electron chi connectivity index (χ2n) is 6.30. The van der Waals surface area contributed by atoms with Crippen molar-refractivity contribution >= 4 is 34.8 Å². The van der Waals surface area contributed by atoms with Gasteiger partial charge in [-0.15, -0.1) is 0 Å². The maximum Gasteiger partial charge on any atom is 0.255 e. The van der Waals surface area contributed by atoms with Gasteiger partial charge in [-0.3, -0.25) is 9.78 Å². The minimum absolute atomic E-state index is 0.328. The molecule has 3 aromatic heterocycles. The maximum atomic E-state index is 13.2. The predicted molar refractivity (Wildman–Crippen MR) is 114 cm³/mol. The van der Waals surface area contributed by atoms with Gasteiger partial charge in [-0.25, -0.2) is 14.4 Å². The van der Waals surface area contributed by atoms with Crippen LogP contribution in [0.2, 0.25) is 5.02 Å². The molecule has 0 spiro atoms. The zero-order chi connectivity index (χ0) is 20.9. The van der Waals surface area contributed by atoms with Crippen molar-refractivity contribution in [2.75, 3.05) is 10.6 Å². The Morgan fingerprint density at radius 1 is 0.900 bits per heavy atom. The average Bonchev–Trinajstić information content (AvgIpc) is 2.77. The normalized spacial score (nSPS) is 10.5. The first-order valence-corrected chi connectivity index (χ1v) is 9.32. The Kier molecular flexibility index (Phi) is 5.63. The van der Waals surface area contributed by atoms with Crippen molar-refractivity contribution in [3.63, 3.8) is 0 Å². The number of hydrogen-bond acceptors (Lipinski definition) is 5. The molecule has 0 unspecified atom stereocenters. The fourth-order valence-electron chi connectivity index (χ4n) is 2.79. The lowest BCUT2D eigenvalue weighted by molar-refractivity contribution is 0.102. The Morgan fingerprint density at radius 3 is 2.50 bits per heavy atom. The van der Waals surface area contributed by atoms with Crippen LogP contribution in [-0.2, 0) is 0 Å². The van der Waals surface area contributed by atoms with E-state index in [0.717, 1.165) is 11.1 Å². The number of nitrogens with zero attached hydrogens (tertiary/aromatic N) is 3. The molecule has 1 aromatic carbocycles. The van der Waals surface area contributed by atoms with E-state index in [9.17, 15) is 9.18 Å². The van der Waals surface area contributed by atoms with Gasteiger partial charge < -0.3 is 10.6 Å². The summed E-state index contributed by atoms with van der Waals surface area (Å²) in [5, 5.41) is 6.40. The van der Waals surface area contributed by atoms with E-state index in [0.29, 0.717) is 27.9 Å². The molecule has 4 aromatic rings. The molecule has 2 N–H and O–H groups in total. The molecule has 30 heavy (non-hydrogen) atoms. The zero-order valence-electron chi connectivity index (χ0n) is 15.5. The number of benzene rings is 1. The summed E-state index contributed by atoms with van der Waals surface area (Å²) in [6.07, 6.45) is 6.20. The summed E-state index contributed by atoms with van der Waals surface area (Å²) >= 11 is 5.84. The second kappa shape index (κ2) is 8.67. The predicted octanol–water partition coefficient (Wildman–Crippen LogP) is 5.33. The summed E-state index contributed by atoms with van der Waals surface area (Å²) in [4.78, 5) is 25.3. The van der Waals surface area contributed by atoms with E-state index in [4.69, 9.17) is 11.6 Å². The molecule has 0 saturated carbocycles. The number of carbonyl (C=O) groups is 1. The van der Waals surface area contributed by atoms with Crippen molar-refractivity contribution in [3.8, 4) is 11.1 Å². The maximum absolute atomic E-state index is 13.2. The molecule has 0 atom stereocenters. The van der Waals surface area contributed by atoms with Gasteiger partial charge in [0.1, 0.15) is 17.5 Å². The lowest BCUT2D eigenvalue weighted by Gasteiger charge is -2.11. The highest BCUT2D eigenvalue weighted by atomic mass is 35.5. The third-order valence-corrected chi connectivity index (χ3v) is 4.45. The topological polar surface area (TPSA) is 79.8 Å². The summed E-state index contributed by atoms with van der Waals surface area (Å²) in [6, 6.07) is 14.4. The molecular formula is C22H15ClFN5O. The van der Waals surface area contributed by atoms with Crippen LogP contribution in [0.25, 0.3) is 11.1 Å². The highest BCUT2D eigenvalue weighted by Gasteiger charge is 2.12. The van der Waals surface area contributed by atoms with Crippen molar-refractivity contribution in [2.24, 2.45) is 0 Å². The smallest absolute Gasteiger partial charge is 0.255 e. The van der Waals surface area contributed by atoms with Crippen molar-refractivity contribution in [1.82, 2.24) is 15.0 Å². The van der Waals surface area contributed by atoms with E-state index in [-0.39, 0.29) is 11.7 Å². The van der Waals surface area contributed by atoms with Crippen molar-refractivity contribution in [1.29, 1.82) is 0 Å². The van der Waals surface area contributed by atoms with Crippen LogP contribution in [0.1, 0.15) is 10.4 Å². The zero-order valence-corrected chi connectivity index (χ0v) is 16.3. The Bertz CT molecular complexity index is 1180. The average molecular weight is 420 g/mol. The van der Waals surface area contributed by atoms with Crippen LogP contribution in [-0.4, -0.2) is 20.9 Å². The van der Waals surface area contributed by atoms with Crippen LogP contribution in [0.5, 0.6) is 0 Å². The van der Waals surface area contributed by atoms with Gasteiger partial charge in [0.25, 0.3) is 5.91 Å². The Morgan fingerprint density at radius 2 is 1.73 bits per heavy atom. The van der Waals surface area contributed by atoms with Gasteiger partial charge in [0.05, 0.1) is 16.9 Å². The fourth-order valence-corrected chi connectivity index (χ4v) is 2.90. The van der Waals surface area contributed by atoms with Crippen molar-refractivity contribution in [2.45, 2.75) is 0 Å². The monoisotopic (exact) mass is 419 g/mol. The standard InChI is InChI=1S/C22H15ClFN5O/c23-16-3-6-20(27-12-16)29-21-11-15(7-10-26-21)22(30)28-19-13-25-9-8-18(19)14-1-4-17(24)5-2-14/h1-13H,(H,28,30)(H,26,27,29). The van der Waals surface area contributed by atoms with Crippen molar-refractivity contribution in [3.05, 3.63) is 95.8 Å². The molecule has 8 heteroatoms. The molecule has 0 aliphatic carbocycles. The van der Waals surface area contributed by atoms with E-state index < -0.39 is 0 Å². The van der Waals surface area contributed by atoms with E-state index in [2.05, 4.69) is 25.6 Å². The lowest BCUT2D eigenvalue weighted by atomic mass is 10.1. The first-order chi connectivity index (χ1) is 14.6. The summed E-state index contributed by atoms with van der Waals surface area (Å²) < 4.78 is 13.2. The lowest BCUT2D eigenvalue weighted by Crippen LogP contribution is -2.13. The Hall–Kier alpha value is -3.84. The third kappa shape index (κ3) is 4.59. The number of amides is 1. The molecule has 6 nitrogen and oxygen atoms in total. The largest absolute Gasteiger partial charge is 0.325 e. The SMILES string of the molecule is O=C(Nc1cnccc1-c1ccc(F)cc1)c1ccnc(Nc2ccc(Cl)cn2)c1. The van der Waals surface area contributed by atoms with E-state index in [1.165, 1.54) is 24.5 Å². The molecule has 3 heterocycles. The van der Waals surface area contributed by atoms with Gasteiger partial charge in [-0.1, -0.05) is 23.7 Å². The van der Waals surface area contributed by atoms with Gasteiger partial charge in [0.15, 0.2) is 0 Å². The molecule has 4 rings (SSSR count). The summed E-state index contributed by atoms with van der Waals surface area (Å²) in [7, 11) is 0. The molecule has 0 bridgehead atoms. The minimum atomic E-state index is -0.333. The number of hydrogen-bond donors (Lipinski definition) is 2.